The monoisotopic (exact) mass is 374 g/mol. The molecule has 0 fully saturated rings. The summed E-state index contributed by atoms with van der Waals surface area (Å²) in [5, 5.41) is 5.71. The van der Waals surface area contributed by atoms with Crippen LogP contribution in [-0.2, 0) is 4.57 Å². The highest BCUT2D eigenvalue weighted by Crippen LogP contribution is 2.24. The Morgan fingerprint density at radius 3 is 1.92 bits per heavy atom. The van der Waals surface area contributed by atoms with Crippen molar-refractivity contribution in [3.8, 4) is 0 Å². The Hall–Kier alpha value is -0.840. The highest BCUT2D eigenvalue weighted by Gasteiger charge is 1.97. The SMILES string of the molecule is CCCCCNC(=O)NCCCC/C=C\CCCCCCP(=O)([O-])[O-]. The number of hydrogen-bond donors (Lipinski definition) is 2. The molecule has 0 aliphatic rings. The molecule has 0 aromatic carbocycles. The van der Waals surface area contributed by atoms with Crippen molar-refractivity contribution >= 4 is 13.6 Å². The average Bonchev–Trinajstić information content (AvgIpc) is 2.55. The Bertz CT molecular complexity index is 397. The number of carbonyl (C=O) groups excluding carboxylic acids is 1. The molecule has 0 heterocycles. The highest BCUT2D eigenvalue weighted by atomic mass is 31.2. The molecular weight excluding hydrogens is 339 g/mol. The number of hydrogen-bond acceptors (Lipinski definition) is 4. The number of unbranched alkanes of at least 4 members (excludes halogenated alkanes) is 8. The van der Waals surface area contributed by atoms with Crippen LogP contribution in [0.15, 0.2) is 12.2 Å². The van der Waals surface area contributed by atoms with E-state index in [1.807, 2.05) is 0 Å². The van der Waals surface area contributed by atoms with E-state index >= 15 is 0 Å². The van der Waals surface area contributed by atoms with E-state index in [9.17, 15) is 19.1 Å². The van der Waals surface area contributed by atoms with Crippen LogP contribution in [0.3, 0.4) is 0 Å². The van der Waals surface area contributed by atoms with Crippen molar-refractivity contribution in [1.82, 2.24) is 10.6 Å². The Kier molecular flexibility index (Phi) is 16.1. The number of carbonyl (C=O) groups is 1. The molecule has 0 aromatic rings. The summed E-state index contributed by atoms with van der Waals surface area (Å²) < 4.78 is 10.5. The molecule has 6 nitrogen and oxygen atoms in total. The normalized spacial score (nSPS) is 11.8. The summed E-state index contributed by atoms with van der Waals surface area (Å²) in [6.45, 7) is 3.59. The standard InChI is InChI=1S/C18H37N2O4P/c1-2-3-12-15-19-18(21)20-16-13-10-8-6-4-5-7-9-11-14-17-25(22,23)24/h4,6H,2-3,5,7-17H2,1H3,(H2,19,20,21)(H2,22,23,24)/p-2/b6-4-. The molecule has 0 rings (SSSR count). The van der Waals surface area contributed by atoms with Crippen LogP contribution >= 0.6 is 7.60 Å². The zero-order valence-corrected chi connectivity index (χ0v) is 16.5. The van der Waals surface area contributed by atoms with Gasteiger partial charge < -0.3 is 25.0 Å². The van der Waals surface area contributed by atoms with E-state index < -0.39 is 7.60 Å². The van der Waals surface area contributed by atoms with E-state index in [0.717, 1.165) is 70.8 Å². The van der Waals surface area contributed by atoms with E-state index in [1.54, 1.807) is 0 Å². The number of rotatable bonds is 16. The molecule has 0 unspecified atom stereocenters. The molecule has 148 valence electrons. The van der Waals surface area contributed by atoms with E-state index in [4.69, 9.17) is 0 Å². The molecule has 0 aromatic heterocycles. The lowest BCUT2D eigenvalue weighted by Gasteiger charge is -2.29. The van der Waals surface area contributed by atoms with Crippen molar-refractivity contribution in [3.05, 3.63) is 12.2 Å². The molecule has 0 saturated carbocycles. The summed E-state index contributed by atoms with van der Waals surface area (Å²) in [7, 11) is -4.30. The first-order valence-electron chi connectivity index (χ1n) is 9.63. The fourth-order valence-electron chi connectivity index (χ4n) is 2.39. The summed E-state index contributed by atoms with van der Waals surface area (Å²) in [6.07, 6.45) is 14.7. The number of nitrogens with one attached hydrogen (secondary N) is 2. The van der Waals surface area contributed by atoms with Gasteiger partial charge in [-0.25, -0.2) is 4.79 Å². The van der Waals surface area contributed by atoms with Crippen LogP contribution in [0.4, 0.5) is 4.79 Å². The lowest BCUT2D eigenvalue weighted by atomic mass is 10.1. The summed E-state index contributed by atoms with van der Waals surface area (Å²) in [6, 6.07) is -0.0723. The molecule has 0 aliphatic carbocycles. The van der Waals surface area contributed by atoms with Gasteiger partial charge in [-0.05, 0) is 51.1 Å². The smallest absolute Gasteiger partial charge is 0.314 e. The first kappa shape index (κ1) is 24.2. The van der Waals surface area contributed by atoms with Crippen LogP contribution in [0.25, 0.3) is 0 Å². The van der Waals surface area contributed by atoms with Gasteiger partial charge in [0.25, 0.3) is 0 Å². The molecule has 0 aliphatic heterocycles. The third-order valence-electron chi connectivity index (χ3n) is 3.87. The van der Waals surface area contributed by atoms with Gasteiger partial charge >= 0.3 is 6.03 Å². The van der Waals surface area contributed by atoms with Gasteiger partial charge in [0.05, 0.1) is 0 Å². The topological polar surface area (TPSA) is 104 Å². The lowest BCUT2D eigenvalue weighted by molar-refractivity contribution is -0.313. The fourth-order valence-corrected chi connectivity index (χ4v) is 3.00. The van der Waals surface area contributed by atoms with Crippen LogP contribution in [0.2, 0.25) is 0 Å². The van der Waals surface area contributed by atoms with Crippen molar-refractivity contribution in [1.29, 1.82) is 0 Å². The Morgan fingerprint density at radius 1 is 0.840 bits per heavy atom. The molecule has 0 saturated heterocycles. The molecule has 0 spiro atoms. The number of urea groups is 1. The average molecular weight is 374 g/mol. The Morgan fingerprint density at radius 2 is 1.36 bits per heavy atom. The molecule has 0 bridgehead atoms. The second-order valence-corrected chi connectivity index (χ2v) is 8.06. The molecular formula is C18H35N2O4P-2. The van der Waals surface area contributed by atoms with Crippen LogP contribution in [-0.4, -0.2) is 25.3 Å². The second-order valence-electron chi connectivity index (χ2n) is 6.39. The van der Waals surface area contributed by atoms with Crippen molar-refractivity contribution in [2.24, 2.45) is 0 Å². The predicted molar refractivity (Wildman–Crippen MR) is 99.5 cm³/mol. The molecule has 0 radical (unpaired) electrons. The van der Waals surface area contributed by atoms with Gasteiger partial charge in [0, 0.05) is 13.1 Å². The minimum atomic E-state index is -4.30. The Balaban J connectivity index is 3.27. The molecule has 2 N–H and O–H groups in total. The molecule has 0 atom stereocenters. The summed E-state index contributed by atoms with van der Waals surface area (Å²) in [5.74, 6) is 0. The fraction of sp³-hybridized carbons (Fsp3) is 0.833. The quantitative estimate of drug-likeness (QED) is 0.246. The predicted octanol–water partition coefficient (Wildman–Crippen LogP) is 3.07. The third-order valence-corrected chi connectivity index (χ3v) is 4.73. The Labute approximate surface area is 153 Å². The number of amides is 2. The number of allylic oxidation sites excluding steroid dienone is 2. The summed E-state index contributed by atoms with van der Waals surface area (Å²) in [4.78, 5) is 32.4. The largest absolute Gasteiger partial charge is 0.811 e. The van der Waals surface area contributed by atoms with Crippen molar-refractivity contribution in [3.63, 3.8) is 0 Å². The van der Waals surface area contributed by atoms with E-state index in [1.165, 1.54) is 0 Å². The summed E-state index contributed by atoms with van der Waals surface area (Å²) >= 11 is 0. The maximum absolute atomic E-state index is 11.5. The first-order valence-corrected chi connectivity index (χ1v) is 11.4. The van der Waals surface area contributed by atoms with E-state index in [-0.39, 0.29) is 12.2 Å². The lowest BCUT2D eigenvalue weighted by Crippen LogP contribution is -2.36. The minimum Gasteiger partial charge on any atom is -0.811 e. The second kappa shape index (κ2) is 16.6. The van der Waals surface area contributed by atoms with Gasteiger partial charge in [0.15, 0.2) is 0 Å². The van der Waals surface area contributed by atoms with Crippen LogP contribution < -0.4 is 20.4 Å². The first-order chi connectivity index (χ1) is 12.0. The third kappa shape index (κ3) is 21.1. The van der Waals surface area contributed by atoms with Crippen LogP contribution in [0, 0.1) is 0 Å². The van der Waals surface area contributed by atoms with Gasteiger partial charge in [0.1, 0.15) is 0 Å². The van der Waals surface area contributed by atoms with Gasteiger partial charge in [-0.15, -0.1) is 0 Å². The zero-order valence-electron chi connectivity index (χ0n) is 15.6. The van der Waals surface area contributed by atoms with Crippen LogP contribution in [0.1, 0.15) is 77.6 Å². The van der Waals surface area contributed by atoms with E-state index in [2.05, 4.69) is 29.7 Å². The maximum Gasteiger partial charge on any atom is 0.314 e. The van der Waals surface area contributed by atoms with Crippen LogP contribution in [0.5, 0.6) is 0 Å². The minimum absolute atomic E-state index is 0.0723. The summed E-state index contributed by atoms with van der Waals surface area (Å²) in [5.41, 5.74) is 0. The van der Waals surface area contributed by atoms with E-state index in [0.29, 0.717) is 13.0 Å². The molecule has 2 amide bonds. The molecule has 25 heavy (non-hydrogen) atoms. The van der Waals surface area contributed by atoms with Gasteiger partial charge in [-0.1, -0.05) is 52.4 Å². The van der Waals surface area contributed by atoms with Gasteiger partial charge in [0.2, 0.25) is 0 Å². The van der Waals surface area contributed by atoms with Gasteiger partial charge in [-0.2, -0.15) is 0 Å². The van der Waals surface area contributed by atoms with Gasteiger partial charge in [-0.3, -0.25) is 0 Å². The maximum atomic E-state index is 11.5. The van der Waals surface area contributed by atoms with Crippen molar-refractivity contribution < 1.29 is 19.1 Å². The highest BCUT2D eigenvalue weighted by molar-refractivity contribution is 7.48. The van der Waals surface area contributed by atoms with Crippen molar-refractivity contribution in [2.45, 2.75) is 77.6 Å². The zero-order chi connectivity index (χ0) is 18.8. The van der Waals surface area contributed by atoms with Crippen molar-refractivity contribution in [2.75, 3.05) is 19.3 Å². The molecule has 7 heteroatoms.